The minimum atomic E-state index is -0.294. The third-order valence-corrected chi connectivity index (χ3v) is 5.20. The first-order chi connectivity index (χ1) is 14.0. The largest absolute Gasteiger partial charge is 0.348 e. The summed E-state index contributed by atoms with van der Waals surface area (Å²) in [5.74, 6) is -0.294. The second-order valence-electron chi connectivity index (χ2n) is 6.76. The molecule has 0 aliphatic carbocycles. The van der Waals surface area contributed by atoms with E-state index in [1.807, 2.05) is 48.5 Å². The Morgan fingerprint density at radius 3 is 2.62 bits per heavy atom. The number of nitrogens with zero attached hydrogens (tertiary/aromatic N) is 2. The maximum absolute atomic E-state index is 13.0. The van der Waals surface area contributed by atoms with E-state index in [-0.39, 0.29) is 11.5 Å². The fourth-order valence-corrected chi connectivity index (χ4v) is 3.44. The molecule has 0 fully saturated rings. The van der Waals surface area contributed by atoms with E-state index in [4.69, 9.17) is 11.6 Å². The van der Waals surface area contributed by atoms with Crippen LogP contribution in [0.4, 0.5) is 0 Å². The molecule has 0 saturated carbocycles. The number of amides is 1. The molecule has 0 radical (unpaired) electrons. The van der Waals surface area contributed by atoms with Crippen LogP contribution in [-0.4, -0.2) is 20.5 Å². The van der Waals surface area contributed by atoms with Gasteiger partial charge in [0.15, 0.2) is 5.65 Å². The van der Waals surface area contributed by atoms with Gasteiger partial charge in [0, 0.05) is 35.4 Å². The van der Waals surface area contributed by atoms with Crippen molar-refractivity contribution in [2.45, 2.75) is 19.9 Å². The van der Waals surface area contributed by atoms with Crippen molar-refractivity contribution in [1.29, 1.82) is 0 Å². The molecule has 29 heavy (non-hydrogen) atoms. The average molecular weight is 407 g/mol. The first-order valence-corrected chi connectivity index (χ1v) is 9.57. The molecule has 0 aliphatic rings. The molecule has 0 saturated heterocycles. The Labute approximate surface area is 172 Å². The Kier molecular flexibility index (Phi) is 5.18. The topological polar surface area (TPSA) is 79.3 Å². The Bertz CT molecular complexity index is 1240. The zero-order valence-electron chi connectivity index (χ0n) is 15.8. The van der Waals surface area contributed by atoms with Crippen molar-refractivity contribution >= 4 is 23.2 Å². The van der Waals surface area contributed by atoms with Crippen molar-refractivity contribution in [3.8, 4) is 0 Å². The van der Waals surface area contributed by atoms with E-state index in [0.717, 1.165) is 11.1 Å². The van der Waals surface area contributed by atoms with E-state index >= 15 is 0 Å². The molecular formula is C22H19ClN4O2. The Morgan fingerprint density at radius 1 is 1.14 bits per heavy atom. The zero-order valence-corrected chi connectivity index (χ0v) is 16.5. The molecule has 0 unspecified atom stereocenters. The van der Waals surface area contributed by atoms with Gasteiger partial charge in [0.2, 0.25) is 0 Å². The first kappa shape index (κ1) is 19.0. The molecule has 7 heteroatoms. The highest BCUT2D eigenvalue weighted by molar-refractivity contribution is 6.31. The van der Waals surface area contributed by atoms with Crippen molar-refractivity contribution in [1.82, 2.24) is 19.9 Å². The van der Waals surface area contributed by atoms with Gasteiger partial charge in [-0.2, -0.15) is 0 Å². The van der Waals surface area contributed by atoms with E-state index in [0.29, 0.717) is 40.5 Å². The molecule has 2 heterocycles. The van der Waals surface area contributed by atoms with Gasteiger partial charge < -0.3 is 5.32 Å². The quantitative estimate of drug-likeness (QED) is 0.532. The van der Waals surface area contributed by atoms with Crippen LogP contribution in [0.15, 0.2) is 65.6 Å². The van der Waals surface area contributed by atoms with E-state index in [1.165, 1.54) is 10.7 Å². The minimum absolute atomic E-state index is 0.241. The molecule has 0 bridgehead atoms. The number of nitrogens with one attached hydrogen (secondary N) is 2. The number of rotatable bonds is 5. The van der Waals surface area contributed by atoms with Crippen molar-refractivity contribution in [3.63, 3.8) is 0 Å². The standard InChI is InChI=1S/C22H19ClN4O2/c1-14-17(11-16-9-5-6-10-19(16)23)22(29)27-20(26-14)18(13-25-27)21(28)24-12-15-7-3-2-4-8-15/h2-10,13,25H,11-12H2,1H3,(H,24,28). The fourth-order valence-electron chi connectivity index (χ4n) is 3.23. The van der Waals surface area contributed by atoms with Crippen LogP contribution in [0.2, 0.25) is 5.02 Å². The van der Waals surface area contributed by atoms with Crippen molar-refractivity contribution < 1.29 is 4.79 Å². The molecular weight excluding hydrogens is 388 g/mol. The highest BCUT2D eigenvalue weighted by Gasteiger charge is 2.18. The summed E-state index contributed by atoms with van der Waals surface area (Å²) in [7, 11) is 0. The number of hydrogen-bond donors (Lipinski definition) is 2. The van der Waals surface area contributed by atoms with Crippen LogP contribution in [0.25, 0.3) is 5.65 Å². The minimum Gasteiger partial charge on any atom is -0.348 e. The van der Waals surface area contributed by atoms with Crippen LogP contribution in [0.3, 0.4) is 0 Å². The Morgan fingerprint density at radius 2 is 1.86 bits per heavy atom. The van der Waals surface area contributed by atoms with Gasteiger partial charge in [0.25, 0.3) is 11.5 Å². The lowest BCUT2D eigenvalue weighted by molar-refractivity contribution is 0.0952. The van der Waals surface area contributed by atoms with Gasteiger partial charge in [0.05, 0.1) is 0 Å². The van der Waals surface area contributed by atoms with Gasteiger partial charge in [-0.05, 0) is 24.1 Å². The van der Waals surface area contributed by atoms with Crippen LogP contribution in [0, 0.1) is 6.92 Å². The van der Waals surface area contributed by atoms with Crippen molar-refractivity contribution in [3.05, 3.63) is 104 Å². The van der Waals surface area contributed by atoms with Gasteiger partial charge in [-0.15, -0.1) is 0 Å². The second-order valence-corrected chi connectivity index (χ2v) is 7.17. The fraction of sp³-hybridized carbons (Fsp3) is 0.136. The molecule has 0 spiro atoms. The lowest BCUT2D eigenvalue weighted by atomic mass is 10.0. The van der Waals surface area contributed by atoms with E-state index in [1.54, 1.807) is 13.0 Å². The zero-order chi connectivity index (χ0) is 20.4. The molecule has 2 aromatic heterocycles. The number of benzene rings is 2. The monoisotopic (exact) mass is 406 g/mol. The van der Waals surface area contributed by atoms with Crippen LogP contribution in [0.1, 0.15) is 32.7 Å². The Balaban J connectivity index is 1.64. The summed E-state index contributed by atoms with van der Waals surface area (Å²) < 4.78 is 1.30. The molecule has 0 aliphatic heterocycles. The lowest BCUT2D eigenvalue weighted by Crippen LogP contribution is -2.25. The third-order valence-electron chi connectivity index (χ3n) is 4.83. The average Bonchev–Trinajstić information content (AvgIpc) is 3.15. The van der Waals surface area contributed by atoms with Crippen LogP contribution >= 0.6 is 11.6 Å². The van der Waals surface area contributed by atoms with Crippen LogP contribution < -0.4 is 10.9 Å². The van der Waals surface area contributed by atoms with Crippen LogP contribution in [-0.2, 0) is 13.0 Å². The summed E-state index contributed by atoms with van der Waals surface area (Å²) in [5, 5.41) is 6.31. The number of aromatic nitrogens is 3. The summed E-state index contributed by atoms with van der Waals surface area (Å²) >= 11 is 6.24. The van der Waals surface area contributed by atoms with Crippen molar-refractivity contribution in [2.24, 2.45) is 0 Å². The normalized spacial score (nSPS) is 11.0. The van der Waals surface area contributed by atoms with E-state index in [9.17, 15) is 9.59 Å². The van der Waals surface area contributed by atoms with Crippen LogP contribution in [0.5, 0.6) is 0 Å². The predicted octanol–water partition coefficient (Wildman–Crippen LogP) is 3.51. The summed E-state index contributed by atoms with van der Waals surface area (Å²) in [6, 6.07) is 17.0. The number of halogens is 1. The van der Waals surface area contributed by atoms with Gasteiger partial charge in [-0.3, -0.25) is 14.7 Å². The molecule has 6 nitrogen and oxygen atoms in total. The number of aromatic amines is 1. The molecule has 4 rings (SSSR count). The molecule has 146 valence electrons. The summed E-state index contributed by atoms with van der Waals surface area (Å²) in [5.41, 5.74) is 3.34. The summed E-state index contributed by atoms with van der Waals surface area (Å²) in [6.45, 7) is 2.16. The number of carbonyl (C=O) groups excluding carboxylic acids is 1. The first-order valence-electron chi connectivity index (χ1n) is 9.19. The highest BCUT2D eigenvalue weighted by atomic mass is 35.5. The predicted molar refractivity (Wildman–Crippen MR) is 112 cm³/mol. The van der Waals surface area contributed by atoms with Gasteiger partial charge >= 0.3 is 0 Å². The third kappa shape index (κ3) is 3.79. The summed E-state index contributed by atoms with van der Waals surface area (Å²) in [6.07, 6.45) is 1.87. The number of carbonyl (C=O) groups is 1. The Hall–Kier alpha value is -3.38. The number of hydrogen-bond acceptors (Lipinski definition) is 3. The number of fused-ring (bicyclic) bond motifs is 1. The molecule has 1 amide bonds. The van der Waals surface area contributed by atoms with Crippen molar-refractivity contribution in [2.75, 3.05) is 0 Å². The van der Waals surface area contributed by atoms with Gasteiger partial charge in [-0.1, -0.05) is 60.1 Å². The second kappa shape index (κ2) is 7.93. The highest BCUT2D eigenvalue weighted by Crippen LogP contribution is 2.19. The molecule has 2 N–H and O–H groups in total. The lowest BCUT2D eigenvalue weighted by Gasteiger charge is -2.08. The van der Waals surface area contributed by atoms with Gasteiger partial charge in [0.1, 0.15) is 5.56 Å². The maximum atomic E-state index is 13.0. The SMILES string of the molecule is Cc1nc2c(C(=O)NCc3ccccc3)c[nH]n2c(=O)c1Cc1ccccc1Cl. The molecule has 0 atom stereocenters. The molecule has 4 aromatic rings. The molecule has 2 aromatic carbocycles. The van der Waals surface area contributed by atoms with Gasteiger partial charge in [-0.25, -0.2) is 9.50 Å². The summed E-state index contributed by atoms with van der Waals surface area (Å²) in [4.78, 5) is 30.2. The smallest absolute Gasteiger partial charge is 0.276 e. The van der Waals surface area contributed by atoms with E-state index in [2.05, 4.69) is 15.4 Å². The van der Waals surface area contributed by atoms with E-state index < -0.39 is 0 Å². The maximum Gasteiger partial charge on any atom is 0.276 e. The number of aryl methyl sites for hydroxylation is 1. The number of H-pyrrole nitrogens is 1.